The van der Waals surface area contributed by atoms with Crippen LogP contribution in [0.2, 0.25) is 0 Å². The number of hydrogen-bond acceptors (Lipinski definition) is 0. The fourth-order valence-electron chi connectivity index (χ4n) is 2.49. The SMILES string of the molecule is CCCc1ccc(/C(C)=C/c2cc(F)c(F)c(F)c2C)c(F)c1. The van der Waals surface area contributed by atoms with Gasteiger partial charge in [-0.3, -0.25) is 0 Å². The monoisotopic (exact) mass is 322 g/mol. The molecule has 0 atom stereocenters. The molecule has 0 unspecified atom stereocenters. The molecule has 2 aromatic rings. The van der Waals surface area contributed by atoms with E-state index in [0.717, 1.165) is 24.5 Å². The Labute approximate surface area is 133 Å². The van der Waals surface area contributed by atoms with Gasteiger partial charge in [0.15, 0.2) is 17.5 Å². The van der Waals surface area contributed by atoms with Crippen LogP contribution in [0.1, 0.15) is 42.5 Å². The summed E-state index contributed by atoms with van der Waals surface area (Å²) in [6, 6.07) is 5.87. The first-order valence-corrected chi connectivity index (χ1v) is 7.46. The van der Waals surface area contributed by atoms with Gasteiger partial charge in [-0.1, -0.05) is 31.6 Å². The largest absolute Gasteiger partial charge is 0.206 e. The fourth-order valence-corrected chi connectivity index (χ4v) is 2.49. The molecule has 0 aliphatic rings. The summed E-state index contributed by atoms with van der Waals surface area (Å²) in [5.74, 6) is -4.36. The molecule has 0 bridgehead atoms. The molecule has 0 aromatic heterocycles. The zero-order valence-corrected chi connectivity index (χ0v) is 13.3. The third-order valence-corrected chi connectivity index (χ3v) is 3.82. The summed E-state index contributed by atoms with van der Waals surface area (Å²) >= 11 is 0. The van der Waals surface area contributed by atoms with Gasteiger partial charge in [-0.15, -0.1) is 0 Å². The van der Waals surface area contributed by atoms with Crippen molar-refractivity contribution >= 4 is 11.6 Å². The Balaban J connectivity index is 2.45. The summed E-state index contributed by atoms with van der Waals surface area (Å²) in [6.45, 7) is 5.02. The topological polar surface area (TPSA) is 0 Å². The highest BCUT2D eigenvalue weighted by atomic mass is 19.2. The minimum Gasteiger partial charge on any atom is -0.206 e. The average molecular weight is 322 g/mol. The van der Waals surface area contributed by atoms with Crippen molar-refractivity contribution in [2.24, 2.45) is 0 Å². The quantitative estimate of drug-likeness (QED) is 0.364. The number of aryl methyl sites for hydroxylation is 1. The van der Waals surface area contributed by atoms with Crippen LogP contribution in [0.25, 0.3) is 11.6 Å². The highest BCUT2D eigenvalue weighted by molar-refractivity contribution is 5.81. The van der Waals surface area contributed by atoms with Gasteiger partial charge in [-0.2, -0.15) is 0 Å². The minimum atomic E-state index is -1.49. The lowest BCUT2D eigenvalue weighted by molar-refractivity contribution is 0.443. The maximum atomic E-state index is 14.2. The summed E-state index contributed by atoms with van der Waals surface area (Å²) < 4.78 is 54.4. The van der Waals surface area contributed by atoms with E-state index in [9.17, 15) is 17.6 Å². The van der Waals surface area contributed by atoms with Crippen molar-refractivity contribution in [3.05, 3.63) is 69.8 Å². The highest BCUT2D eigenvalue weighted by Crippen LogP contribution is 2.26. The van der Waals surface area contributed by atoms with E-state index in [0.29, 0.717) is 11.1 Å². The molecule has 2 aromatic carbocycles. The number of benzene rings is 2. The Morgan fingerprint density at radius 3 is 2.30 bits per heavy atom. The van der Waals surface area contributed by atoms with Crippen LogP contribution in [-0.4, -0.2) is 0 Å². The fraction of sp³-hybridized carbons (Fsp3) is 0.263. The molecule has 0 nitrogen and oxygen atoms in total. The first-order valence-electron chi connectivity index (χ1n) is 7.46. The molecule has 0 saturated carbocycles. The van der Waals surface area contributed by atoms with E-state index < -0.39 is 17.5 Å². The molecule has 0 spiro atoms. The minimum absolute atomic E-state index is 0.00809. The molecule has 0 fully saturated rings. The van der Waals surface area contributed by atoms with Crippen LogP contribution in [0.5, 0.6) is 0 Å². The van der Waals surface area contributed by atoms with Gasteiger partial charge in [-0.25, -0.2) is 17.6 Å². The van der Waals surface area contributed by atoms with Gasteiger partial charge in [0, 0.05) is 5.56 Å². The van der Waals surface area contributed by atoms with Crippen molar-refractivity contribution in [3.8, 4) is 0 Å². The molecule has 122 valence electrons. The van der Waals surface area contributed by atoms with Crippen LogP contribution in [0.15, 0.2) is 24.3 Å². The number of halogens is 4. The van der Waals surface area contributed by atoms with Gasteiger partial charge in [0.25, 0.3) is 0 Å². The van der Waals surface area contributed by atoms with Crippen molar-refractivity contribution < 1.29 is 17.6 Å². The Morgan fingerprint density at radius 1 is 1.00 bits per heavy atom. The van der Waals surface area contributed by atoms with Crippen molar-refractivity contribution in [1.82, 2.24) is 0 Å². The van der Waals surface area contributed by atoms with Crippen LogP contribution in [0, 0.1) is 30.2 Å². The molecule has 0 heterocycles. The third-order valence-electron chi connectivity index (χ3n) is 3.82. The van der Waals surface area contributed by atoms with Gasteiger partial charge in [0.05, 0.1) is 0 Å². The maximum Gasteiger partial charge on any atom is 0.194 e. The van der Waals surface area contributed by atoms with Crippen LogP contribution >= 0.6 is 0 Å². The molecule has 0 aliphatic heterocycles. The summed E-state index contributed by atoms with van der Waals surface area (Å²) in [4.78, 5) is 0. The summed E-state index contributed by atoms with van der Waals surface area (Å²) in [6.07, 6.45) is 3.16. The second-order valence-electron chi connectivity index (χ2n) is 5.59. The van der Waals surface area contributed by atoms with E-state index in [4.69, 9.17) is 0 Å². The standard InChI is InChI=1S/C19H18F4/c1-4-5-13-6-7-15(16(20)9-13)11(2)8-14-10-17(21)19(23)18(22)12(14)3/h6-10H,4-5H2,1-3H3/b11-8+. The Bertz CT molecular complexity index is 760. The van der Waals surface area contributed by atoms with Crippen molar-refractivity contribution in [2.75, 3.05) is 0 Å². The molecule has 0 amide bonds. The zero-order chi connectivity index (χ0) is 17.1. The second-order valence-corrected chi connectivity index (χ2v) is 5.59. The summed E-state index contributed by atoms with van der Waals surface area (Å²) in [5, 5.41) is 0. The van der Waals surface area contributed by atoms with Crippen LogP contribution in [0.3, 0.4) is 0 Å². The number of hydrogen-bond donors (Lipinski definition) is 0. The third kappa shape index (κ3) is 3.63. The lowest BCUT2D eigenvalue weighted by Gasteiger charge is -2.09. The average Bonchev–Trinajstić information content (AvgIpc) is 2.51. The van der Waals surface area contributed by atoms with E-state index in [1.54, 1.807) is 13.0 Å². The highest BCUT2D eigenvalue weighted by Gasteiger charge is 2.15. The predicted molar refractivity (Wildman–Crippen MR) is 85.0 cm³/mol. The van der Waals surface area contributed by atoms with Gasteiger partial charge in [0.1, 0.15) is 5.82 Å². The Kier molecular flexibility index (Phi) is 5.24. The summed E-state index contributed by atoms with van der Waals surface area (Å²) in [5.41, 5.74) is 1.95. The van der Waals surface area contributed by atoms with Gasteiger partial charge < -0.3 is 0 Å². The van der Waals surface area contributed by atoms with Crippen molar-refractivity contribution in [3.63, 3.8) is 0 Å². The molecular weight excluding hydrogens is 304 g/mol. The molecule has 23 heavy (non-hydrogen) atoms. The molecule has 0 radical (unpaired) electrons. The van der Waals surface area contributed by atoms with Gasteiger partial charge in [0.2, 0.25) is 0 Å². The predicted octanol–water partition coefficient (Wildman–Crippen LogP) is 6.06. The number of rotatable bonds is 4. The molecule has 4 heteroatoms. The first-order chi connectivity index (χ1) is 10.8. The Morgan fingerprint density at radius 2 is 1.70 bits per heavy atom. The first kappa shape index (κ1) is 17.3. The van der Waals surface area contributed by atoms with Crippen LogP contribution < -0.4 is 0 Å². The zero-order valence-electron chi connectivity index (χ0n) is 13.3. The summed E-state index contributed by atoms with van der Waals surface area (Å²) in [7, 11) is 0. The van der Waals surface area contributed by atoms with E-state index >= 15 is 0 Å². The number of allylic oxidation sites excluding steroid dienone is 1. The van der Waals surface area contributed by atoms with E-state index in [1.165, 1.54) is 19.1 Å². The normalized spacial score (nSPS) is 11.9. The molecular formula is C19H18F4. The van der Waals surface area contributed by atoms with Crippen LogP contribution in [-0.2, 0) is 6.42 Å². The lowest BCUT2D eigenvalue weighted by atomic mass is 9.99. The maximum absolute atomic E-state index is 14.2. The van der Waals surface area contributed by atoms with Crippen LogP contribution in [0.4, 0.5) is 17.6 Å². The van der Waals surface area contributed by atoms with Gasteiger partial charge in [-0.05, 0) is 54.7 Å². The second kappa shape index (κ2) is 6.99. The molecule has 2 rings (SSSR count). The lowest BCUT2D eigenvalue weighted by Crippen LogP contribution is -1.98. The van der Waals surface area contributed by atoms with Crippen molar-refractivity contribution in [2.45, 2.75) is 33.6 Å². The van der Waals surface area contributed by atoms with E-state index in [1.807, 2.05) is 13.0 Å². The van der Waals surface area contributed by atoms with Crippen molar-refractivity contribution in [1.29, 1.82) is 0 Å². The van der Waals surface area contributed by atoms with E-state index in [2.05, 4.69) is 0 Å². The van der Waals surface area contributed by atoms with E-state index in [-0.39, 0.29) is 16.9 Å². The molecule has 0 N–H and O–H groups in total. The molecule has 0 aliphatic carbocycles. The molecule has 0 saturated heterocycles. The Hall–Kier alpha value is -2.10. The van der Waals surface area contributed by atoms with Gasteiger partial charge >= 0.3 is 0 Å². The smallest absolute Gasteiger partial charge is 0.194 e.